The van der Waals surface area contributed by atoms with E-state index in [4.69, 9.17) is 0 Å². The van der Waals surface area contributed by atoms with Crippen LogP contribution in [0.1, 0.15) is 0 Å². The van der Waals surface area contributed by atoms with E-state index in [0.29, 0.717) is 0 Å². The molecule has 0 aliphatic heterocycles. The Balaban J connectivity index is 5.00. The lowest BCUT2D eigenvalue weighted by atomic mass is 10.5. The molecule has 0 spiro atoms. The molecule has 1 nitrogen and oxygen atoms in total. The summed E-state index contributed by atoms with van der Waals surface area (Å²) in [5.74, 6) is 0. The standard InChI is InChI=1S/C10H23NSi2/c1-9-10(2)11(12(3,4)5)13(6,7)8/h9H,1-2H2,3-8H3. The molecule has 0 aromatic carbocycles. The van der Waals surface area contributed by atoms with Crippen LogP contribution in [0.15, 0.2) is 24.9 Å². The smallest absolute Gasteiger partial charge is 0.138 e. The van der Waals surface area contributed by atoms with Gasteiger partial charge in [-0.25, -0.2) is 0 Å². The predicted molar refractivity (Wildman–Crippen MR) is 67.9 cm³/mol. The summed E-state index contributed by atoms with van der Waals surface area (Å²) in [5.41, 5.74) is 1.11. The number of hydrogen-bond acceptors (Lipinski definition) is 1. The molecule has 0 saturated heterocycles. The van der Waals surface area contributed by atoms with Crippen LogP contribution in [0, 0.1) is 0 Å². The molecule has 0 bridgehead atoms. The minimum atomic E-state index is -1.28. The van der Waals surface area contributed by atoms with Gasteiger partial charge >= 0.3 is 0 Å². The predicted octanol–water partition coefficient (Wildman–Crippen LogP) is 3.66. The third-order valence-electron chi connectivity index (χ3n) is 1.86. The van der Waals surface area contributed by atoms with Gasteiger partial charge in [0.2, 0.25) is 0 Å². The van der Waals surface area contributed by atoms with Crippen LogP contribution in [0.5, 0.6) is 0 Å². The Bertz CT molecular complexity index is 194. The van der Waals surface area contributed by atoms with E-state index < -0.39 is 16.5 Å². The Hall–Kier alpha value is -0.286. The van der Waals surface area contributed by atoms with E-state index in [2.05, 4.69) is 56.7 Å². The van der Waals surface area contributed by atoms with Gasteiger partial charge in [0.15, 0.2) is 0 Å². The molecule has 3 heteroatoms. The Morgan fingerprint density at radius 1 is 1.00 bits per heavy atom. The lowest BCUT2D eigenvalue weighted by Crippen LogP contribution is -2.57. The van der Waals surface area contributed by atoms with E-state index in [1.54, 1.807) is 0 Å². The van der Waals surface area contributed by atoms with Crippen molar-refractivity contribution < 1.29 is 0 Å². The van der Waals surface area contributed by atoms with Crippen molar-refractivity contribution in [2.45, 2.75) is 39.3 Å². The monoisotopic (exact) mass is 213 g/mol. The second-order valence-corrected chi connectivity index (χ2v) is 15.4. The molecule has 0 radical (unpaired) electrons. The van der Waals surface area contributed by atoms with Gasteiger partial charge in [-0.15, -0.1) is 0 Å². The Labute approximate surface area is 85.3 Å². The summed E-state index contributed by atoms with van der Waals surface area (Å²) < 4.78 is 2.56. The zero-order chi connectivity index (χ0) is 10.9. The highest BCUT2D eigenvalue weighted by Crippen LogP contribution is 2.24. The van der Waals surface area contributed by atoms with Crippen LogP contribution in [-0.2, 0) is 0 Å². The van der Waals surface area contributed by atoms with Crippen LogP contribution >= 0.6 is 0 Å². The molecular formula is C10H23NSi2. The van der Waals surface area contributed by atoms with Gasteiger partial charge in [0.25, 0.3) is 0 Å². The average molecular weight is 213 g/mol. The van der Waals surface area contributed by atoms with E-state index >= 15 is 0 Å². The van der Waals surface area contributed by atoms with Gasteiger partial charge in [-0.05, 0) is 6.08 Å². The SMILES string of the molecule is C=CC(=C)N([Si](C)(C)C)[Si](C)(C)C. The summed E-state index contributed by atoms with van der Waals surface area (Å²) in [7, 11) is -2.56. The summed E-state index contributed by atoms with van der Waals surface area (Å²) in [6.45, 7) is 22.1. The van der Waals surface area contributed by atoms with E-state index in [0.717, 1.165) is 5.70 Å². The Morgan fingerprint density at radius 2 is 1.31 bits per heavy atom. The molecule has 0 N–H and O–H groups in total. The lowest BCUT2D eigenvalue weighted by Gasteiger charge is -2.46. The summed E-state index contributed by atoms with van der Waals surface area (Å²) in [4.78, 5) is 0. The largest absolute Gasteiger partial charge is 0.425 e. The van der Waals surface area contributed by atoms with Gasteiger partial charge in [-0.3, -0.25) is 0 Å². The minimum Gasteiger partial charge on any atom is -0.425 e. The third kappa shape index (κ3) is 3.52. The molecule has 0 amide bonds. The van der Waals surface area contributed by atoms with Crippen molar-refractivity contribution in [1.82, 2.24) is 4.23 Å². The van der Waals surface area contributed by atoms with Crippen molar-refractivity contribution in [2.24, 2.45) is 0 Å². The minimum absolute atomic E-state index is 1.11. The highest BCUT2D eigenvalue weighted by atomic mass is 28.4. The molecule has 0 saturated carbocycles. The van der Waals surface area contributed by atoms with Crippen LogP contribution in [0.25, 0.3) is 0 Å². The third-order valence-corrected chi connectivity index (χ3v) is 9.15. The molecule has 13 heavy (non-hydrogen) atoms. The maximum Gasteiger partial charge on any atom is 0.138 e. The van der Waals surface area contributed by atoms with E-state index in [9.17, 15) is 0 Å². The highest BCUT2D eigenvalue weighted by Gasteiger charge is 2.34. The lowest BCUT2D eigenvalue weighted by molar-refractivity contribution is 0.787. The summed E-state index contributed by atoms with van der Waals surface area (Å²) in [6, 6.07) is 0. The van der Waals surface area contributed by atoms with Crippen molar-refractivity contribution in [3.05, 3.63) is 24.9 Å². The first kappa shape index (κ1) is 12.7. The summed E-state index contributed by atoms with van der Waals surface area (Å²) in [6.07, 6.45) is 1.89. The van der Waals surface area contributed by atoms with Crippen LogP contribution < -0.4 is 0 Å². The highest BCUT2D eigenvalue weighted by molar-refractivity contribution is 6.90. The molecule has 0 unspecified atom stereocenters. The van der Waals surface area contributed by atoms with Gasteiger partial charge in [0, 0.05) is 5.70 Å². The van der Waals surface area contributed by atoms with E-state index in [1.807, 2.05) is 6.08 Å². The van der Waals surface area contributed by atoms with Crippen LogP contribution in [0.2, 0.25) is 39.3 Å². The Kier molecular flexibility index (Phi) is 3.75. The summed E-state index contributed by atoms with van der Waals surface area (Å²) in [5, 5.41) is 0. The first-order chi connectivity index (χ1) is 5.60. The number of nitrogens with zero attached hydrogens (tertiary/aromatic N) is 1. The summed E-state index contributed by atoms with van der Waals surface area (Å²) >= 11 is 0. The van der Waals surface area contributed by atoms with Crippen molar-refractivity contribution in [3.8, 4) is 0 Å². The normalized spacial score (nSPS) is 12.5. The maximum atomic E-state index is 4.08. The van der Waals surface area contributed by atoms with Crippen molar-refractivity contribution in [2.75, 3.05) is 0 Å². The fraction of sp³-hybridized carbons (Fsp3) is 0.600. The number of allylic oxidation sites excluding steroid dienone is 1. The molecule has 0 heterocycles. The molecule has 76 valence electrons. The molecule has 0 aromatic rings. The topological polar surface area (TPSA) is 3.24 Å². The van der Waals surface area contributed by atoms with Crippen LogP contribution in [0.3, 0.4) is 0 Å². The fourth-order valence-electron chi connectivity index (χ4n) is 1.96. The number of rotatable bonds is 4. The second kappa shape index (κ2) is 3.84. The zero-order valence-electron chi connectivity index (χ0n) is 9.94. The van der Waals surface area contributed by atoms with Gasteiger partial charge in [0.05, 0.1) is 0 Å². The van der Waals surface area contributed by atoms with Gasteiger partial charge in [0.1, 0.15) is 16.5 Å². The first-order valence-corrected chi connectivity index (χ1v) is 11.6. The van der Waals surface area contributed by atoms with E-state index in [1.165, 1.54) is 0 Å². The molecule has 0 aliphatic carbocycles. The average Bonchev–Trinajstić information content (AvgIpc) is 1.80. The van der Waals surface area contributed by atoms with Crippen molar-refractivity contribution in [3.63, 3.8) is 0 Å². The first-order valence-electron chi connectivity index (χ1n) is 4.72. The van der Waals surface area contributed by atoms with E-state index in [-0.39, 0.29) is 0 Å². The number of hydrogen-bond donors (Lipinski definition) is 0. The Morgan fingerprint density at radius 3 is 1.38 bits per heavy atom. The van der Waals surface area contributed by atoms with Crippen molar-refractivity contribution in [1.29, 1.82) is 0 Å². The maximum absolute atomic E-state index is 4.08. The molecule has 0 rings (SSSR count). The molecule has 0 aromatic heterocycles. The quantitative estimate of drug-likeness (QED) is 0.509. The van der Waals surface area contributed by atoms with Crippen molar-refractivity contribution >= 4 is 16.5 Å². The fourth-order valence-corrected chi connectivity index (χ4v) is 11.9. The second-order valence-electron chi connectivity index (χ2n) is 5.37. The van der Waals surface area contributed by atoms with Gasteiger partial charge in [-0.1, -0.05) is 52.4 Å². The molecular weight excluding hydrogens is 190 g/mol. The van der Waals surface area contributed by atoms with Crippen LogP contribution in [-0.4, -0.2) is 20.7 Å². The van der Waals surface area contributed by atoms with Crippen LogP contribution in [0.4, 0.5) is 0 Å². The molecule has 0 atom stereocenters. The van der Waals surface area contributed by atoms with Gasteiger partial charge in [-0.2, -0.15) is 0 Å². The zero-order valence-corrected chi connectivity index (χ0v) is 11.9. The molecule has 0 aliphatic rings. The van der Waals surface area contributed by atoms with Gasteiger partial charge < -0.3 is 4.23 Å². The molecule has 0 fully saturated rings.